The number of alkyl halides is 3. The van der Waals surface area contributed by atoms with E-state index in [2.05, 4.69) is 10.6 Å². The molecule has 0 atom stereocenters. The molecule has 2 amide bonds. The van der Waals surface area contributed by atoms with Gasteiger partial charge in [-0.1, -0.05) is 24.3 Å². The van der Waals surface area contributed by atoms with Crippen molar-refractivity contribution in [1.82, 2.24) is 9.80 Å². The molecule has 3 aromatic carbocycles. The zero-order valence-corrected chi connectivity index (χ0v) is 23.8. The average Bonchev–Trinajstić information content (AvgIpc) is 2.93. The summed E-state index contributed by atoms with van der Waals surface area (Å²) in [6.45, 7) is 2.92. The van der Waals surface area contributed by atoms with Crippen molar-refractivity contribution >= 4 is 41.1 Å². The summed E-state index contributed by atoms with van der Waals surface area (Å²) >= 11 is 0. The first-order valence-corrected chi connectivity index (χ1v) is 13.6. The number of carboxylic acid groups (broad SMARTS) is 1. The van der Waals surface area contributed by atoms with E-state index < -0.39 is 12.1 Å². The second-order valence-corrected chi connectivity index (χ2v) is 10.5. The van der Waals surface area contributed by atoms with Gasteiger partial charge in [0.2, 0.25) is 0 Å². The van der Waals surface area contributed by atoms with Crippen LogP contribution in [0.15, 0.2) is 72.8 Å². The van der Waals surface area contributed by atoms with Gasteiger partial charge in [0.25, 0.3) is 11.8 Å². The molecule has 0 spiro atoms. The lowest BCUT2D eigenvalue weighted by molar-refractivity contribution is -0.192. The number of anilines is 2. The number of nitrogens with two attached hydrogens (primary N) is 2. The molecular weight excluding hydrogens is 593 g/mol. The molecule has 5 rings (SSSR count). The Labute approximate surface area is 255 Å². The molecule has 2 aliphatic rings. The normalized spacial score (nSPS) is 14.6. The van der Waals surface area contributed by atoms with E-state index in [0.717, 1.165) is 37.3 Å². The first kappa shape index (κ1) is 32.3. The lowest BCUT2D eigenvalue weighted by atomic mass is 9.91. The highest BCUT2D eigenvalue weighted by atomic mass is 19.4. The SMILES string of the molecule is N=C(N)N1CC(c2ccc(NC(=O)c3ccc(C(=O)Nc4ccc(C5CN(C(=N)N)C5)cc4)cc3)cc2)C1.O=C(O)C(F)(F)F. The third-order valence-electron chi connectivity index (χ3n) is 7.38. The van der Waals surface area contributed by atoms with Crippen LogP contribution in [0.2, 0.25) is 0 Å². The monoisotopic (exact) mass is 624 g/mol. The van der Waals surface area contributed by atoms with Crippen LogP contribution in [-0.4, -0.2) is 77.0 Å². The minimum atomic E-state index is -5.08. The zero-order valence-electron chi connectivity index (χ0n) is 23.8. The molecule has 3 aromatic rings. The van der Waals surface area contributed by atoms with Crippen LogP contribution >= 0.6 is 0 Å². The van der Waals surface area contributed by atoms with Gasteiger partial charge in [0.05, 0.1) is 0 Å². The average molecular weight is 625 g/mol. The second kappa shape index (κ2) is 13.4. The fourth-order valence-corrected chi connectivity index (χ4v) is 4.63. The number of carbonyl (C=O) groups is 3. The van der Waals surface area contributed by atoms with Crippen molar-refractivity contribution < 1.29 is 32.7 Å². The number of carbonyl (C=O) groups excluding carboxylic acids is 2. The van der Waals surface area contributed by atoms with Crippen molar-refractivity contribution in [2.24, 2.45) is 11.5 Å². The number of amides is 2. The topological polar surface area (TPSA) is 202 Å². The molecule has 236 valence electrons. The van der Waals surface area contributed by atoms with Gasteiger partial charge in [-0.25, -0.2) is 4.79 Å². The number of carboxylic acids is 1. The maximum Gasteiger partial charge on any atom is 0.490 e. The van der Waals surface area contributed by atoms with Crippen LogP contribution in [0.4, 0.5) is 24.5 Å². The number of aliphatic carboxylic acids is 1. The first-order valence-electron chi connectivity index (χ1n) is 13.6. The molecule has 15 heteroatoms. The fraction of sp³-hybridized carbons (Fsp3) is 0.233. The van der Waals surface area contributed by atoms with Crippen molar-refractivity contribution in [3.63, 3.8) is 0 Å². The van der Waals surface area contributed by atoms with E-state index in [1.807, 2.05) is 48.5 Å². The summed E-state index contributed by atoms with van der Waals surface area (Å²) in [5.74, 6) is -2.42. The van der Waals surface area contributed by atoms with Crippen molar-refractivity contribution in [2.45, 2.75) is 18.0 Å². The fourth-order valence-electron chi connectivity index (χ4n) is 4.63. The van der Waals surface area contributed by atoms with Crippen LogP contribution in [0.1, 0.15) is 43.7 Å². The van der Waals surface area contributed by atoms with Crippen LogP contribution < -0.4 is 22.1 Å². The molecule has 0 aliphatic carbocycles. The van der Waals surface area contributed by atoms with Crippen LogP contribution in [0, 0.1) is 10.8 Å². The van der Waals surface area contributed by atoms with E-state index in [0.29, 0.717) is 34.3 Å². The summed E-state index contributed by atoms with van der Waals surface area (Å²) in [6.07, 6.45) is -5.08. The van der Waals surface area contributed by atoms with E-state index in [1.54, 1.807) is 34.1 Å². The Bertz CT molecular complexity index is 1460. The number of rotatable bonds is 6. The molecule has 0 bridgehead atoms. The van der Waals surface area contributed by atoms with Gasteiger partial charge in [-0.2, -0.15) is 13.2 Å². The Morgan fingerprint density at radius 3 is 1.20 bits per heavy atom. The van der Waals surface area contributed by atoms with Crippen LogP contribution in [0.25, 0.3) is 0 Å². The van der Waals surface area contributed by atoms with E-state index in [1.165, 1.54) is 0 Å². The van der Waals surface area contributed by atoms with E-state index in [-0.39, 0.29) is 23.7 Å². The summed E-state index contributed by atoms with van der Waals surface area (Å²) < 4.78 is 31.7. The van der Waals surface area contributed by atoms with Gasteiger partial charge < -0.3 is 37.0 Å². The highest BCUT2D eigenvalue weighted by molar-refractivity contribution is 6.07. The quantitative estimate of drug-likeness (QED) is 0.160. The molecule has 2 fully saturated rings. The lowest BCUT2D eigenvalue weighted by Crippen LogP contribution is -2.51. The number of nitrogens with zero attached hydrogens (tertiary/aromatic N) is 2. The van der Waals surface area contributed by atoms with E-state index in [9.17, 15) is 22.8 Å². The van der Waals surface area contributed by atoms with E-state index >= 15 is 0 Å². The van der Waals surface area contributed by atoms with Gasteiger partial charge in [0, 0.05) is 60.5 Å². The first-order chi connectivity index (χ1) is 21.2. The Balaban J connectivity index is 0.000000591. The Kier molecular flexibility index (Phi) is 9.60. The molecule has 2 heterocycles. The number of hydrogen-bond donors (Lipinski definition) is 7. The lowest BCUT2D eigenvalue weighted by Gasteiger charge is -2.39. The number of guanidine groups is 2. The maximum atomic E-state index is 12.7. The number of nitrogens with one attached hydrogen (secondary N) is 4. The minimum absolute atomic E-state index is 0.0932. The number of likely N-dealkylation sites (tertiary alicyclic amines) is 2. The molecule has 0 saturated carbocycles. The van der Waals surface area contributed by atoms with Crippen molar-refractivity contribution in [2.75, 3.05) is 36.8 Å². The summed E-state index contributed by atoms with van der Waals surface area (Å²) in [5, 5.41) is 27.8. The molecule has 0 unspecified atom stereocenters. The molecular formula is C30H31F3N8O4. The molecule has 2 aliphatic heterocycles. The zero-order chi connectivity index (χ0) is 32.9. The third kappa shape index (κ3) is 8.28. The van der Waals surface area contributed by atoms with Gasteiger partial charge in [-0.05, 0) is 59.7 Å². The van der Waals surface area contributed by atoms with E-state index in [4.69, 9.17) is 32.2 Å². The molecule has 0 aromatic heterocycles. The summed E-state index contributed by atoms with van der Waals surface area (Å²) in [6, 6.07) is 21.9. The van der Waals surface area contributed by atoms with Crippen LogP contribution in [0.5, 0.6) is 0 Å². The second-order valence-electron chi connectivity index (χ2n) is 10.5. The minimum Gasteiger partial charge on any atom is -0.475 e. The number of halogens is 3. The molecule has 45 heavy (non-hydrogen) atoms. The summed E-state index contributed by atoms with van der Waals surface area (Å²) in [4.78, 5) is 37.9. The van der Waals surface area contributed by atoms with Crippen molar-refractivity contribution in [3.8, 4) is 0 Å². The van der Waals surface area contributed by atoms with Crippen LogP contribution in [-0.2, 0) is 4.79 Å². The Hall–Kier alpha value is -5.60. The van der Waals surface area contributed by atoms with Crippen molar-refractivity contribution in [1.29, 1.82) is 10.8 Å². The molecule has 0 radical (unpaired) electrons. The Morgan fingerprint density at radius 1 is 0.667 bits per heavy atom. The van der Waals surface area contributed by atoms with Crippen molar-refractivity contribution in [3.05, 3.63) is 95.1 Å². The predicted molar refractivity (Wildman–Crippen MR) is 161 cm³/mol. The summed E-state index contributed by atoms with van der Waals surface area (Å²) in [5.41, 5.74) is 15.5. The molecule has 9 N–H and O–H groups in total. The summed E-state index contributed by atoms with van der Waals surface area (Å²) in [7, 11) is 0. The number of benzene rings is 3. The van der Waals surface area contributed by atoms with Gasteiger partial charge in [-0.15, -0.1) is 0 Å². The van der Waals surface area contributed by atoms with Gasteiger partial charge in [0.1, 0.15) is 0 Å². The third-order valence-corrected chi connectivity index (χ3v) is 7.38. The highest BCUT2D eigenvalue weighted by Crippen LogP contribution is 2.28. The predicted octanol–water partition coefficient (Wildman–Crippen LogP) is 3.41. The van der Waals surface area contributed by atoms with Gasteiger partial charge in [0.15, 0.2) is 11.9 Å². The molecule has 2 saturated heterocycles. The largest absolute Gasteiger partial charge is 0.490 e. The van der Waals surface area contributed by atoms with Gasteiger partial charge in [-0.3, -0.25) is 20.4 Å². The molecule has 12 nitrogen and oxygen atoms in total. The maximum absolute atomic E-state index is 12.7. The highest BCUT2D eigenvalue weighted by Gasteiger charge is 2.38. The Morgan fingerprint density at radius 2 is 0.956 bits per heavy atom. The smallest absolute Gasteiger partial charge is 0.475 e. The van der Waals surface area contributed by atoms with Crippen LogP contribution in [0.3, 0.4) is 0 Å². The number of hydrogen-bond acceptors (Lipinski definition) is 5. The standard InChI is InChI=1S/C28H30N8O2.C2HF3O2/c29-27(30)35-13-21(14-35)17-5-9-23(10-6-17)33-25(37)19-1-2-20(4-3-19)26(38)34-24-11-7-18(8-12-24)22-15-36(16-22)28(31)32;3-2(4,5)1(6)7/h1-12,21-22H,13-16H2,(H3,29,30)(H3,31,32)(H,33,37)(H,34,38);(H,6,7). The van der Waals surface area contributed by atoms with Gasteiger partial charge >= 0.3 is 12.1 Å².